The first-order valence-electron chi connectivity index (χ1n) is 9.74. The van der Waals surface area contributed by atoms with Crippen molar-refractivity contribution in [3.05, 3.63) is 34.9 Å². The van der Waals surface area contributed by atoms with Crippen molar-refractivity contribution in [1.82, 2.24) is 0 Å². The molecule has 0 amide bonds. The average Bonchev–Trinajstić information content (AvgIpc) is 2.67. The standard InChI is InChI=1S/C23H24INO2S/c1-4-6-16-12-22(3)18(15(2)21(16)27)7-9-23(8-5-10-28-24)13-17(14-25)19(26)11-20(22)23/h11-13,15,18H,4,6-9H2,1-3H3. The highest BCUT2D eigenvalue weighted by Crippen LogP contribution is 2.62. The summed E-state index contributed by atoms with van der Waals surface area (Å²) in [6.45, 7) is 6.30. The SMILES string of the molecule is CCCC1=CC2(C)C3=CC(=O)C(C#N)=CC3(CC#CSI)CCC2C(C)C1=O. The number of nitrogens with zero attached hydrogens (tertiary/aromatic N) is 1. The van der Waals surface area contributed by atoms with E-state index < -0.39 is 5.41 Å². The molecular formula is C23H24INO2S. The molecule has 3 aliphatic carbocycles. The smallest absolute Gasteiger partial charge is 0.196 e. The molecule has 1 fully saturated rings. The minimum atomic E-state index is -0.405. The highest BCUT2D eigenvalue weighted by atomic mass is 127. The van der Waals surface area contributed by atoms with Gasteiger partial charge in [0.2, 0.25) is 0 Å². The van der Waals surface area contributed by atoms with Crippen molar-refractivity contribution in [2.45, 2.75) is 52.9 Å². The van der Waals surface area contributed by atoms with E-state index in [4.69, 9.17) is 0 Å². The fraction of sp³-hybridized carbons (Fsp3) is 0.522. The lowest BCUT2D eigenvalue weighted by Gasteiger charge is -2.55. The number of hydrogen-bond donors (Lipinski definition) is 0. The molecule has 0 N–H and O–H groups in total. The highest BCUT2D eigenvalue weighted by Gasteiger charge is 2.55. The Balaban J connectivity index is 2.18. The molecule has 0 aromatic carbocycles. The zero-order valence-corrected chi connectivity index (χ0v) is 19.4. The van der Waals surface area contributed by atoms with E-state index in [0.717, 1.165) is 36.8 Å². The number of ketones is 2. The zero-order valence-electron chi connectivity index (χ0n) is 16.5. The Bertz CT molecular complexity index is 913. The lowest BCUT2D eigenvalue weighted by molar-refractivity contribution is -0.123. The van der Waals surface area contributed by atoms with Gasteiger partial charge in [0.15, 0.2) is 11.6 Å². The van der Waals surface area contributed by atoms with Crippen LogP contribution in [0.3, 0.4) is 0 Å². The van der Waals surface area contributed by atoms with Crippen LogP contribution >= 0.6 is 30.1 Å². The molecule has 0 aliphatic heterocycles. The summed E-state index contributed by atoms with van der Waals surface area (Å²) in [5.41, 5.74) is 1.38. The Labute approximate surface area is 183 Å². The third-order valence-electron chi connectivity index (χ3n) is 6.71. The second kappa shape index (κ2) is 8.20. The van der Waals surface area contributed by atoms with Gasteiger partial charge in [-0.15, -0.1) is 0 Å². The number of carbonyl (C=O) groups excluding carboxylic acids is 2. The van der Waals surface area contributed by atoms with Crippen molar-refractivity contribution < 1.29 is 9.59 Å². The highest BCUT2D eigenvalue weighted by molar-refractivity contribution is 14.2. The van der Waals surface area contributed by atoms with Crippen LogP contribution in [-0.2, 0) is 9.59 Å². The second-order valence-corrected chi connectivity index (χ2v) is 9.96. The summed E-state index contributed by atoms with van der Waals surface area (Å²) in [6.07, 6.45) is 9.68. The van der Waals surface area contributed by atoms with Crippen LogP contribution in [0.5, 0.6) is 0 Å². The number of fused-ring (bicyclic) bond motifs is 3. The van der Waals surface area contributed by atoms with E-state index in [9.17, 15) is 14.9 Å². The van der Waals surface area contributed by atoms with Crippen LogP contribution in [0.4, 0.5) is 0 Å². The van der Waals surface area contributed by atoms with Crippen LogP contribution in [0, 0.1) is 45.2 Å². The average molecular weight is 505 g/mol. The van der Waals surface area contributed by atoms with E-state index in [1.807, 2.05) is 13.0 Å². The molecule has 4 unspecified atom stereocenters. The predicted octanol–water partition coefficient (Wildman–Crippen LogP) is 5.73. The first-order chi connectivity index (χ1) is 13.3. The molecule has 28 heavy (non-hydrogen) atoms. The van der Waals surface area contributed by atoms with Crippen molar-refractivity contribution in [3.8, 4) is 17.2 Å². The number of halogens is 1. The summed E-state index contributed by atoms with van der Waals surface area (Å²) in [7, 11) is 1.44. The van der Waals surface area contributed by atoms with Crippen LogP contribution in [0.2, 0.25) is 0 Å². The maximum absolute atomic E-state index is 12.9. The summed E-state index contributed by atoms with van der Waals surface area (Å²) in [5, 5.41) is 12.5. The minimum absolute atomic E-state index is 0.0529. The number of Topliss-reactive ketones (excluding diaryl/α,β-unsaturated/α-hetero) is 1. The molecule has 5 heteroatoms. The second-order valence-electron chi connectivity index (χ2n) is 8.28. The lowest BCUT2D eigenvalue weighted by atomic mass is 9.47. The van der Waals surface area contributed by atoms with Gasteiger partial charge in [-0.05, 0) is 56.6 Å². The first-order valence-corrected chi connectivity index (χ1v) is 13.1. The Hall–Kier alpha value is -1.31. The lowest BCUT2D eigenvalue weighted by Crippen LogP contribution is -2.49. The van der Waals surface area contributed by atoms with Crippen molar-refractivity contribution in [1.29, 1.82) is 5.26 Å². The number of nitriles is 1. The Morgan fingerprint density at radius 2 is 2.11 bits per heavy atom. The molecule has 3 nitrogen and oxygen atoms in total. The number of rotatable bonds is 3. The fourth-order valence-corrected chi connectivity index (χ4v) is 6.05. The molecule has 0 spiro atoms. The maximum atomic E-state index is 12.9. The van der Waals surface area contributed by atoms with Gasteiger partial charge < -0.3 is 0 Å². The Morgan fingerprint density at radius 3 is 2.75 bits per heavy atom. The molecule has 0 saturated heterocycles. The van der Waals surface area contributed by atoms with Crippen molar-refractivity contribution in [3.63, 3.8) is 0 Å². The monoisotopic (exact) mass is 505 g/mol. The molecule has 0 aromatic rings. The Kier molecular flexibility index (Phi) is 6.27. The van der Waals surface area contributed by atoms with Gasteiger partial charge in [0.05, 0.1) is 5.57 Å². The van der Waals surface area contributed by atoms with E-state index >= 15 is 0 Å². The number of hydrogen-bond acceptors (Lipinski definition) is 4. The van der Waals surface area contributed by atoms with Crippen LogP contribution < -0.4 is 0 Å². The minimum Gasteiger partial charge on any atom is -0.294 e. The van der Waals surface area contributed by atoms with Crippen molar-refractivity contribution >= 4 is 41.7 Å². The molecule has 0 aromatic heterocycles. The molecule has 4 atom stereocenters. The van der Waals surface area contributed by atoms with Crippen LogP contribution in [0.15, 0.2) is 34.9 Å². The summed E-state index contributed by atoms with van der Waals surface area (Å²) < 4.78 is 0. The van der Waals surface area contributed by atoms with E-state index in [1.54, 1.807) is 6.08 Å². The van der Waals surface area contributed by atoms with E-state index in [2.05, 4.69) is 58.4 Å². The van der Waals surface area contributed by atoms with Gasteiger partial charge in [0.25, 0.3) is 0 Å². The van der Waals surface area contributed by atoms with E-state index in [0.29, 0.717) is 6.42 Å². The predicted molar refractivity (Wildman–Crippen MR) is 121 cm³/mol. The van der Waals surface area contributed by atoms with E-state index in [1.165, 1.54) is 8.93 Å². The van der Waals surface area contributed by atoms with Crippen molar-refractivity contribution in [2.75, 3.05) is 0 Å². The van der Waals surface area contributed by atoms with Gasteiger partial charge in [-0.2, -0.15) is 5.26 Å². The molecular weight excluding hydrogens is 481 g/mol. The van der Waals surface area contributed by atoms with Crippen molar-refractivity contribution in [2.24, 2.45) is 22.7 Å². The maximum Gasteiger partial charge on any atom is 0.196 e. The fourth-order valence-electron chi connectivity index (χ4n) is 5.46. The largest absolute Gasteiger partial charge is 0.294 e. The third kappa shape index (κ3) is 3.42. The summed E-state index contributed by atoms with van der Waals surface area (Å²) in [6, 6.07) is 2.07. The third-order valence-corrected chi connectivity index (χ3v) is 7.59. The number of carbonyl (C=O) groups is 2. The Morgan fingerprint density at radius 1 is 1.36 bits per heavy atom. The molecule has 0 heterocycles. The van der Waals surface area contributed by atoms with E-state index in [-0.39, 0.29) is 34.4 Å². The summed E-state index contributed by atoms with van der Waals surface area (Å²) >= 11 is 2.15. The van der Waals surface area contributed by atoms with Gasteiger partial charge in [0.1, 0.15) is 6.07 Å². The molecule has 0 radical (unpaired) electrons. The van der Waals surface area contributed by atoms with Crippen LogP contribution in [0.25, 0.3) is 0 Å². The van der Waals surface area contributed by atoms with Crippen LogP contribution in [0.1, 0.15) is 52.9 Å². The molecule has 146 valence electrons. The molecule has 1 saturated carbocycles. The topological polar surface area (TPSA) is 57.9 Å². The van der Waals surface area contributed by atoms with Gasteiger partial charge >= 0.3 is 0 Å². The van der Waals surface area contributed by atoms with Gasteiger partial charge in [-0.3, -0.25) is 9.59 Å². The quantitative estimate of drug-likeness (QED) is 0.363. The summed E-state index contributed by atoms with van der Waals surface area (Å²) in [4.78, 5) is 25.5. The van der Waals surface area contributed by atoms with Crippen LogP contribution in [-0.4, -0.2) is 11.6 Å². The molecule has 3 aliphatic rings. The normalized spacial score (nSPS) is 34.0. The summed E-state index contributed by atoms with van der Waals surface area (Å²) in [5.74, 6) is 3.40. The van der Waals surface area contributed by atoms with Gasteiger partial charge in [0, 0.05) is 44.4 Å². The van der Waals surface area contributed by atoms with Gasteiger partial charge in [-0.1, -0.05) is 45.3 Å². The molecule has 3 rings (SSSR count). The number of allylic oxidation sites excluding steroid dienone is 6. The first kappa shape index (κ1) is 21.4. The van der Waals surface area contributed by atoms with Gasteiger partial charge in [-0.25, -0.2) is 0 Å². The zero-order chi connectivity index (χ0) is 20.5. The molecule has 0 bridgehead atoms.